The highest BCUT2D eigenvalue weighted by molar-refractivity contribution is 6.05. The van der Waals surface area contributed by atoms with Gasteiger partial charge in [0.05, 0.1) is 14.2 Å². The molecule has 0 saturated heterocycles. The Morgan fingerprint density at radius 1 is 1.12 bits per heavy atom. The van der Waals surface area contributed by atoms with Gasteiger partial charge in [0.25, 0.3) is 5.91 Å². The lowest BCUT2D eigenvalue weighted by Gasteiger charge is -2.26. The standard InChI is InChI=1S/C19H22N2O3/c1-21-10-9-15-14(12-21)5-4-6-16(15)20-19(22)13-7-8-17(23-2)18(11-13)24-3/h4-8,11H,9-10,12H2,1-3H3,(H,20,22). The van der Waals surface area contributed by atoms with Crippen LogP contribution in [0.15, 0.2) is 36.4 Å². The molecule has 1 heterocycles. The van der Waals surface area contributed by atoms with Crippen LogP contribution in [0.4, 0.5) is 5.69 Å². The number of ether oxygens (including phenoxy) is 2. The van der Waals surface area contributed by atoms with Crippen LogP contribution in [0.2, 0.25) is 0 Å². The monoisotopic (exact) mass is 326 g/mol. The third-order valence-electron chi connectivity index (χ3n) is 4.35. The van der Waals surface area contributed by atoms with E-state index in [2.05, 4.69) is 23.3 Å². The Morgan fingerprint density at radius 2 is 1.92 bits per heavy atom. The summed E-state index contributed by atoms with van der Waals surface area (Å²) < 4.78 is 10.5. The second-order valence-electron chi connectivity index (χ2n) is 5.95. The van der Waals surface area contributed by atoms with Crippen LogP contribution in [0, 0.1) is 0 Å². The predicted octanol–water partition coefficient (Wildman–Crippen LogP) is 2.94. The maximum Gasteiger partial charge on any atom is 0.255 e. The fourth-order valence-electron chi connectivity index (χ4n) is 3.04. The summed E-state index contributed by atoms with van der Waals surface area (Å²) >= 11 is 0. The molecule has 0 unspecified atom stereocenters. The van der Waals surface area contributed by atoms with Gasteiger partial charge in [0.15, 0.2) is 11.5 Å². The van der Waals surface area contributed by atoms with E-state index in [9.17, 15) is 4.79 Å². The van der Waals surface area contributed by atoms with E-state index in [1.165, 1.54) is 11.1 Å². The number of rotatable bonds is 4. The fraction of sp³-hybridized carbons (Fsp3) is 0.316. The molecule has 1 aliphatic rings. The molecule has 1 N–H and O–H groups in total. The molecule has 5 heteroatoms. The topological polar surface area (TPSA) is 50.8 Å². The lowest BCUT2D eigenvalue weighted by Crippen LogP contribution is -2.27. The van der Waals surface area contributed by atoms with Crippen molar-refractivity contribution in [3.8, 4) is 11.5 Å². The van der Waals surface area contributed by atoms with Gasteiger partial charge in [-0.05, 0) is 48.9 Å². The zero-order valence-electron chi connectivity index (χ0n) is 14.3. The Morgan fingerprint density at radius 3 is 2.67 bits per heavy atom. The highest BCUT2D eigenvalue weighted by Crippen LogP contribution is 2.29. The second-order valence-corrected chi connectivity index (χ2v) is 5.95. The minimum atomic E-state index is -0.150. The van der Waals surface area contributed by atoms with E-state index in [0.29, 0.717) is 17.1 Å². The van der Waals surface area contributed by atoms with Gasteiger partial charge in [-0.25, -0.2) is 0 Å². The Bertz CT molecular complexity index is 758. The molecule has 2 aromatic rings. The van der Waals surface area contributed by atoms with Gasteiger partial charge in [-0.3, -0.25) is 4.79 Å². The van der Waals surface area contributed by atoms with E-state index in [0.717, 1.165) is 25.2 Å². The van der Waals surface area contributed by atoms with Crippen molar-refractivity contribution in [3.05, 3.63) is 53.1 Å². The van der Waals surface area contributed by atoms with E-state index in [-0.39, 0.29) is 5.91 Å². The van der Waals surface area contributed by atoms with Crippen molar-refractivity contribution >= 4 is 11.6 Å². The second kappa shape index (κ2) is 6.93. The maximum atomic E-state index is 12.6. The van der Waals surface area contributed by atoms with Crippen LogP contribution in [0.3, 0.4) is 0 Å². The molecule has 1 aliphatic heterocycles. The number of benzene rings is 2. The zero-order valence-corrected chi connectivity index (χ0v) is 14.3. The molecule has 0 fully saturated rings. The number of hydrogen-bond donors (Lipinski definition) is 1. The smallest absolute Gasteiger partial charge is 0.255 e. The summed E-state index contributed by atoms with van der Waals surface area (Å²) in [4.78, 5) is 14.9. The lowest BCUT2D eigenvalue weighted by atomic mass is 9.98. The molecule has 0 atom stereocenters. The van der Waals surface area contributed by atoms with Crippen molar-refractivity contribution in [2.24, 2.45) is 0 Å². The molecule has 126 valence electrons. The summed E-state index contributed by atoms with van der Waals surface area (Å²) in [6.07, 6.45) is 0.939. The number of amides is 1. The first-order valence-electron chi connectivity index (χ1n) is 7.95. The van der Waals surface area contributed by atoms with Crippen LogP contribution in [0.1, 0.15) is 21.5 Å². The Kier molecular flexibility index (Phi) is 4.71. The van der Waals surface area contributed by atoms with Crippen molar-refractivity contribution in [2.75, 3.05) is 33.1 Å². The highest BCUT2D eigenvalue weighted by atomic mass is 16.5. The Hall–Kier alpha value is -2.53. The molecular weight excluding hydrogens is 304 g/mol. The molecule has 5 nitrogen and oxygen atoms in total. The molecule has 2 aromatic carbocycles. The number of fused-ring (bicyclic) bond motifs is 1. The van der Waals surface area contributed by atoms with Crippen LogP contribution in [0.5, 0.6) is 11.5 Å². The summed E-state index contributed by atoms with van der Waals surface area (Å²) in [5.41, 5.74) is 3.93. The van der Waals surface area contributed by atoms with Crippen molar-refractivity contribution in [2.45, 2.75) is 13.0 Å². The van der Waals surface area contributed by atoms with E-state index in [1.807, 2.05) is 12.1 Å². The number of hydrogen-bond acceptors (Lipinski definition) is 4. The van der Waals surface area contributed by atoms with E-state index >= 15 is 0 Å². The molecule has 3 rings (SSSR count). The fourth-order valence-corrected chi connectivity index (χ4v) is 3.04. The number of methoxy groups -OCH3 is 2. The largest absolute Gasteiger partial charge is 0.493 e. The molecular formula is C19H22N2O3. The Balaban J connectivity index is 1.84. The van der Waals surface area contributed by atoms with Gasteiger partial charge in [-0.1, -0.05) is 12.1 Å². The van der Waals surface area contributed by atoms with Gasteiger partial charge in [0.2, 0.25) is 0 Å². The lowest BCUT2D eigenvalue weighted by molar-refractivity contribution is 0.102. The third-order valence-corrected chi connectivity index (χ3v) is 4.35. The molecule has 0 bridgehead atoms. The SMILES string of the molecule is COc1ccc(C(=O)Nc2cccc3c2CCN(C)C3)cc1OC. The van der Waals surface area contributed by atoms with E-state index in [1.54, 1.807) is 32.4 Å². The molecule has 1 amide bonds. The average molecular weight is 326 g/mol. The number of nitrogens with zero attached hydrogens (tertiary/aromatic N) is 1. The van der Waals surface area contributed by atoms with Crippen molar-refractivity contribution in [1.82, 2.24) is 4.90 Å². The Labute approximate surface area is 142 Å². The number of carbonyl (C=O) groups excluding carboxylic acids is 1. The van der Waals surface area contributed by atoms with Crippen molar-refractivity contribution in [1.29, 1.82) is 0 Å². The summed E-state index contributed by atoms with van der Waals surface area (Å²) in [6.45, 7) is 1.91. The predicted molar refractivity (Wildman–Crippen MR) is 94.0 cm³/mol. The molecule has 0 saturated carbocycles. The van der Waals surface area contributed by atoms with Crippen LogP contribution < -0.4 is 14.8 Å². The maximum absolute atomic E-state index is 12.6. The number of nitrogens with one attached hydrogen (secondary N) is 1. The van der Waals surface area contributed by atoms with Gasteiger partial charge in [0.1, 0.15) is 0 Å². The summed E-state index contributed by atoms with van der Waals surface area (Å²) in [7, 11) is 5.24. The van der Waals surface area contributed by atoms with Gasteiger partial charge in [-0.15, -0.1) is 0 Å². The van der Waals surface area contributed by atoms with Gasteiger partial charge >= 0.3 is 0 Å². The minimum absolute atomic E-state index is 0.150. The normalized spacial score (nSPS) is 14.0. The first kappa shape index (κ1) is 16.3. The van der Waals surface area contributed by atoms with Crippen LogP contribution in [-0.4, -0.2) is 38.6 Å². The number of anilines is 1. The van der Waals surface area contributed by atoms with Crippen LogP contribution >= 0.6 is 0 Å². The van der Waals surface area contributed by atoms with Crippen molar-refractivity contribution in [3.63, 3.8) is 0 Å². The van der Waals surface area contributed by atoms with Crippen LogP contribution in [0.25, 0.3) is 0 Å². The summed E-state index contributed by atoms with van der Waals surface area (Å²) in [5.74, 6) is 0.999. The third kappa shape index (κ3) is 3.21. The van der Waals surface area contributed by atoms with Gasteiger partial charge < -0.3 is 19.7 Å². The minimum Gasteiger partial charge on any atom is -0.493 e. The first-order valence-corrected chi connectivity index (χ1v) is 7.95. The number of likely N-dealkylation sites (N-methyl/N-ethyl adjacent to an activating group) is 1. The molecule has 0 aliphatic carbocycles. The summed E-state index contributed by atoms with van der Waals surface area (Å²) in [6, 6.07) is 11.2. The summed E-state index contributed by atoms with van der Waals surface area (Å²) in [5, 5.41) is 3.04. The van der Waals surface area contributed by atoms with Crippen LogP contribution in [-0.2, 0) is 13.0 Å². The molecule has 0 aromatic heterocycles. The molecule has 0 spiro atoms. The highest BCUT2D eigenvalue weighted by Gasteiger charge is 2.18. The molecule has 0 radical (unpaired) electrons. The quantitative estimate of drug-likeness (QED) is 0.938. The zero-order chi connectivity index (χ0) is 17.1. The van der Waals surface area contributed by atoms with E-state index in [4.69, 9.17) is 9.47 Å². The molecule has 24 heavy (non-hydrogen) atoms. The number of carbonyl (C=O) groups is 1. The van der Waals surface area contributed by atoms with Crippen molar-refractivity contribution < 1.29 is 14.3 Å². The van der Waals surface area contributed by atoms with E-state index < -0.39 is 0 Å². The first-order chi connectivity index (χ1) is 11.6. The van der Waals surface area contributed by atoms with Gasteiger partial charge in [-0.2, -0.15) is 0 Å². The average Bonchev–Trinajstić information content (AvgIpc) is 2.60. The van der Waals surface area contributed by atoms with Gasteiger partial charge in [0, 0.05) is 24.3 Å².